The Hall–Kier alpha value is -1.84. The van der Waals surface area contributed by atoms with E-state index in [9.17, 15) is 4.79 Å². The van der Waals surface area contributed by atoms with Gasteiger partial charge in [0.15, 0.2) is 0 Å². The van der Waals surface area contributed by atoms with Crippen molar-refractivity contribution in [1.29, 1.82) is 0 Å². The first kappa shape index (κ1) is 14.1. The molecular formula is C17H23N3O. The van der Waals surface area contributed by atoms with Gasteiger partial charge in [-0.05, 0) is 31.9 Å². The number of para-hydroxylation sites is 2. The number of imidazole rings is 1. The zero-order chi connectivity index (χ0) is 14.7. The molecule has 0 unspecified atom stereocenters. The van der Waals surface area contributed by atoms with Gasteiger partial charge in [0.25, 0.3) is 0 Å². The van der Waals surface area contributed by atoms with E-state index >= 15 is 0 Å². The number of likely N-dealkylation sites (N-methyl/N-ethyl adjacent to an activating group) is 1. The average molecular weight is 285 g/mol. The van der Waals surface area contributed by atoms with Crippen LogP contribution in [0.1, 0.15) is 39.0 Å². The van der Waals surface area contributed by atoms with Crippen molar-refractivity contribution in [3.63, 3.8) is 0 Å². The molecule has 112 valence electrons. The molecule has 1 aliphatic rings. The number of hydrogen-bond acceptors (Lipinski definition) is 2. The van der Waals surface area contributed by atoms with Gasteiger partial charge in [0.2, 0.25) is 5.91 Å². The Morgan fingerprint density at radius 1 is 1.29 bits per heavy atom. The number of benzene rings is 1. The zero-order valence-corrected chi connectivity index (χ0v) is 12.7. The van der Waals surface area contributed by atoms with E-state index in [0.717, 1.165) is 30.4 Å². The lowest BCUT2D eigenvalue weighted by Crippen LogP contribution is -2.42. The van der Waals surface area contributed by atoms with Crippen LogP contribution in [0.3, 0.4) is 0 Å². The molecule has 0 radical (unpaired) electrons. The van der Waals surface area contributed by atoms with Crippen molar-refractivity contribution in [2.75, 3.05) is 6.54 Å². The maximum absolute atomic E-state index is 12.7. The summed E-state index contributed by atoms with van der Waals surface area (Å²) in [6.45, 7) is 3.28. The van der Waals surface area contributed by atoms with Gasteiger partial charge in [0, 0.05) is 12.6 Å². The maximum atomic E-state index is 12.7. The standard InChI is InChI=1S/C17H23N3O/c1-2-20(14-8-4-3-5-9-14)17(21)12-19-13-18-15-10-6-7-11-16(15)19/h6-7,10-11,13-14H,2-5,8-9,12H2,1H3. The molecule has 1 heterocycles. The molecule has 21 heavy (non-hydrogen) atoms. The molecule has 1 aromatic heterocycles. The van der Waals surface area contributed by atoms with Crippen LogP contribution in [0, 0.1) is 0 Å². The van der Waals surface area contributed by atoms with E-state index in [4.69, 9.17) is 0 Å². The Bertz CT molecular complexity index is 613. The fourth-order valence-electron chi connectivity index (χ4n) is 3.40. The first-order valence-electron chi connectivity index (χ1n) is 7.99. The van der Waals surface area contributed by atoms with Crippen LogP contribution in [-0.4, -0.2) is 32.9 Å². The first-order valence-corrected chi connectivity index (χ1v) is 7.99. The lowest BCUT2D eigenvalue weighted by molar-refractivity contribution is -0.134. The van der Waals surface area contributed by atoms with Gasteiger partial charge in [0.05, 0.1) is 17.4 Å². The third-order valence-electron chi connectivity index (χ3n) is 4.51. The third-order valence-corrected chi connectivity index (χ3v) is 4.51. The second-order valence-corrected chi connectivity index (χ2v) is 5.83. The molecule has 0 saturated heterocycles. The van der Waals surface area contributed by atoms with Crippen molar-refractivity contribution in [2.45, 2.75) is 51.6 Å². The molecular weight excluding hydrogens is 262 g/mol. The highest BCUT2D eigenvalue weighted by atomic mass is 16.2. The van der Waals surface area contributed by atoms with Crippen LogP contribution in [0.15, 0.2) is 30.6 Å². The number of hydrogen-bond donors (Lipinski definition) is 0. The van der Waals surface area contributed by atoms with Crippen LogP contribution in [0.5, 0.6) is 0 Å². The number of carbonyl (C=O) groups is 1. The summed E-state index contributed by atoms with van der Waals surface area (Å²) in [4.78, 5) is 19.1. The SMILES string of the molecule is CCN(C(=O)Cn1cnc2ccccc21)C1CCCCC1. The molecule has 0 aliphatic heterocycles. The van der Waals surface area contributed by atoms with E-state index in [1.54, 1.807) is 6.33 Å². The van der Waals surface area contributed by atoms with E-state index in [0.29, 0.717) is 12.6 Å². The van der Waals surface area contributed by atoms with Crippen molar-refractivity contribution in [1.82, 2.24) is 14.5 Å². The number of fused-ring (bicyclic) bond motifs is 1. The summed E-state index contributed by atoms with van der Waals surface area (Å²) in [6.07, 6.45) is 7.91. The topological polar surface area (TPSA) is 38.1 Å². The van der Waals surface area contributed by atoms with Gasteiger partial charge >= 0.3 is 0 Å². The Labute approximate surface area is 125 Å². The van der Waals surface area contributed by atoms with Gasteiger partial charge in [0.1, 0.15) is 6.54 Å². The lowest BCUT2D eigenvalue weighted by atomic mass is 9.94. The van der Waals surface area contributed by atoms with E-state index in [-0.39, 0.29) is 5.91 Å². The van der Waals surface area contributed by atoms with Gasteiger partial charge in [-0.25, -0.2) is 4.98 Å². The number of aromatic nitrogens is 2. The van der Waals surface area contributed by atoms with Crippen LogP contribution in [-0.2, 0) is 11.3 Å². The third kappa shape index (κ3) is 2.94. The molecule has 4 heteroatoms. The van der Waals surface area contributed by atoms with Gasteiger partial charge in [-0.2, -0.15) is 0 Å². The highest BCUT2D eigenvalue weighted by Gasteiger charge is 2.24. The van der Waals surface area contributed by atoms with Crippen LogP contribution in [0.2, 0.25) is 0 Å². The predicted molar refractivity (Wildman–Crippen MR) is 84.0 cm³/mol. The summed E-state index contributed by atoms with van der Waals surface area (Å²) in [7, 11) is 0. The quantitative estimate of drug-likeness (QED) is 0.865. The number of nitrogens with zero attached hydrogens (tertiary/aromatic N) is 3. The van der Waals surface area contributed by atoms with E-state index in [2.05, 4.69) is 16.8 Å². The molecule has 0 bridgehead atoms. The van der Waals surface area contributed by atoms with Crippen molar-refractivity contribution in [3.05, 3.63) is 30.6 Å². The molecule has 1 amide bonds. The molecule has 3 rings (SSSR count). The number of carbonyl (C=O) groups excluding carboxylic acids is 1. The van der Waals surface area contributed by atoms with Crippen molar-refractivity contribution in [2.24, 2.45) is 0 Å². The molecule has 2 aromatic rings. The highest BCUT2D eigenvalue weighted by Crippen LogP contribution is 2.23. The maximum Gasteiger partial charge on any atom is 0.242 e. The van der Waals surface area contributed by atoms with Crippen LogP contribution in [0.25, 0.3) is 11.0 Å². The van der Waals surface area contributed by atoms with Gasteiger partial charge in [-0.3, -0.25) is 4.79 Å². The second-order valence-electron chi connectivity index (χ2n) is 5.83. The first-order chi connectivity index (χ1) is 10.3. The number of rotatable bonds is 4. The molecule has 1 aromatic carbocycles. The van der Waals surface area contributed by atoms with Gasteiger partial charge < -0.3 is 9.47 Å². The molecule has 0 atom stereocenters. The summed E-state index contributed by atoms with van der Waals surface area (Å²) in [5.41, 5.74) is 1.98. The summed E-state index contributed by atoms with van der Waals surface area (Å²) >= 11 is 0. The van der Waals surface area contributed by atoms with Gasteiger partial charge in [-0.1, -0.05) is 31.4 Å². The zero-order valence-electron chi connectivity index (χ0n) is 12.7. The van der Waals surface area contributed by atoms with E-state index < -0.39 is 0 Å². The lowest BCUT2D eigenvalue weighted by Gasteiger charge is -2.33. The minimum Gasteiger partial charge on any atom is -0.338 e. The summed E-state index contributed by atoms with van der Waals surface area (Å²) in [6, 6.07) is 8.40. The van der Waals surface area contributed by atoms with Crippen LogP contribution in [0.4, 0.5) is 0 Å². The fraction of sp³-hybridized carbons (Fsp3) is 0.529. The Balaban J connectivity index is 1.74. The normalized spacial score (nSPS) is 16.2. The fourth-order valence-corrected chi connectivity index (χ4v) is 3.40. The summed E-state index contributed by atoms with van der Waals surface area (Å²) in [5.74, 6) is 0.215. The second kappa shape index (κ2) is 6.29. The predicted octanol–water partition coefficient (Wildman–Crippen LogP) is 3.22. The summed E-state index contributed by atoms with van der Waals surface area (Å²) < 4.78 is 1.96. The minimum absolute atomic E-state index is 0.215. The van der Waals surface area contributed by atoms with Crippen molar-refractivity contribution >= 4 is 16.9 Å². The molecule has 1 fully saturated rings. The Morgan fingerprint density at radius 2 is 2.05 bits per heavy atom. The van der Waals surface area contributed by atoms with Crippen LogP contribution < -0.4 is 0 Å². The highest BCUT2D eigenvalue weighted by molar-refractivity contribution is 5.80. The smallest absolute Gasteiger partial charge is 0.242 e. The Kier molecular flexibility index (Phi) is 4.23. The van der Waals surface area contributed by atoms with Crippen LogP contribution >= 0.6 is 0 Å². The summed E-state index contributed by atoms with van der Waals surface area (Å²) in [5, 5.41) is 0. The largest absolute Gasteiger partial charge is 0.338 e. The molecule has 1 saturated carbocycles. The van der Waals surface area contributed by atoms with Gasteiger partial charge in [-0.15, -0.1) is 0 Å². The monoisotopic (exact) mass is 285 g/mol. The molecule has 0 N–H and O–H groups in total. The number of amides is 1. The molecule has 1 aliphatic carbocycles. The molecule has 4 nitrogen and oxygen atoms in total. The Morgan fingerprint density at radius 3 is 2.81 bits per heavy atom. The van der Waals surface area contributed by atoms with E-state index in [1.807, 2.05) is 28.8 Å². The molecule has 0 spiro atoms. The van der Waals surface area contributed by atoms with Crippen molar-refractivity contribution < 1.29 is 4.79 Å². The minimum atomic E-state index is 0.215. The van der Waals surface area contributed by atoms with E-state index in [1.165, 1.54) is 19.3 Å². The van der Waals surface area contributed by atoms with Crippen molar-refractivity contribution in [3.8, 4) is 0 Å². The average Bonchev–Trinajstić information content (AvgIpc) is 2.92.